The van der Waals surface area contributed by atoms with Gasteiger partial charge in [0.05, 0.1) is 23.7 Å². The number of hydrogen-bond donors (Lipinski definition) is 0. The molecule has 0 saturated carbocycles. The standard InChI is InChI=1S/C19H13NO/c1-21-12-10-15-13-6-2-4-8-17(13)20-18-9-5-3-7-14(18)16(11-12)19(15)20/h2-11H,1H3. The average molecular weight is 271 g/mol. The lowest BCUT2D eigenvalue weighted by atomic mass is 10.1. The largest absolute Gasteiger partial charge is 0.497 e. The number of para-hydroxylation sites is 2. The third-order valence-corrected chi connectivity index (χ3v) is 4.41. The smallest absolute Gasteiger partial charge is 0.120 e. The van der Waals surface area contributed by atoms with Gasteiger partial charge >= 0.3 is 0 Å². The van der Waals surface area contributed by atoms with Gasteiger partial charge in [0.1, 0.15) is 5.75 Å². The maximum atomic E-state index is 5.51. The molecule has 5 aromatic rings. The van der Waals surface area contributed by atoms with Gasteiger partial charge in [-0.3, -0.25) is 0 Å². The first-order chi connectivity index (χ1) is 10.4. The summed E-state index contributed by atoms with van der Waals surface area (Å²) in [5, 5.41) is 5.08. The van der Waals surface area contributed by atoms with Crippen molar-refractivity contribution in [1.82, 2.24) is 4.40 Å². The third kappa shape index (κ3) is 1.23. The molecule has 0 aliphatic carbocycles. The molecule has 0 bridgehead atoms. The van der Waals surface area contributed by atoms with Crippen LogP contribution in [0.25, 0.3) is 38.1 Å². The summed E-state index contributed by atoms with van der Waals surface area (Å²) in [7, 11) is 1.73. The van der Waals surface area contributed by atoms with Crippen LogP contribution < -0.4 is 4.74 Å². The van der Waals surface area contributed by atoms with Gasteiger partial charge in [0.25, 0.3) is 0 Å². The molecule has 100 valence electrons. The first-order valence-electron chi connectivity index (χ1n) is 7.09. The Morgan fingerprint density at radius 1 is 0.714 bits per heavy atom. The van der Waals surface area contributed by atoms with Crippen molar-refractivity contribution in [3.63, 3.8) is 0 Å². The Hall–Kier alpha value is -2.74. The van der Waals surface area contributed by atoms with Gasteiger partial charge in [0.2, 0.25) is 0 Å². The molecule has 0 spiro atoms. The number of methoxy groups -OCH3 is 1. The lowest BCUT2D eigenvalue weighted by Gasteiger charge is -2.01. The van der Waals surface area contributed by atoms with E-state index in [1.54, 1.807) is 7.11 Å². The third-order valence-electron chi connectivity index (χ3n) is 4.41. The molecule has 0 N–H and O–H groups in total. The van der Waals surface area contributed by atoms with Gasteiger partial charge in [-0.15, -0.1) is 0 Å². The molecule has 0 aliphatic heterocycles. The van der Waals surface area contributed by atoms with Gasteiger partial charge in [0, 0.05) is 21.5 Å². The highest BCUT2D eigenvalue weighted by Crippen LogP contribution is 2.40. The fourth-order valence-electron chi connectivity index (χ4n) is 3.54. The number of nitrogens with zero attached hydrogens (tertiary/aromatic N) is 1. The molecule has 2 heterocycles. The topological polar surface area (TPSA) is 13.6 Å². The number of hydrogen-bond acceptors (Lipinski definition) is 1. The van der Waals surface area contributed by atoms with Crippen molar-refractivity contribution in [3.8, 4) is 5.75 Å². The van der Waals surface area contributed by atoms with Crippen LogP contribution in [0.2, 0.25) is 0 Å². The van der Waals surface area contributed by atoms with Crippen LogP contribution in [0.4, 0.5) is 0 Å². The summed E-state index contributed by atoms with van der Waals surface area (Å²) in [6.07, 6.45) is 0. The van der Waals surface area contributed by atoms with Crippen molar-refractivity contribution in [2.75, 3.05) is 7.11 Å². The molecule has 0 atom stereocenters. The highest BCUT2D eigenvalue weighted by atomic mass is 16.5. The predicted molar refractivity (Wildman–Crippen MR) is 87.7 cm³/mol. The molecular formula is C19H13NO. The predicted octanol–water partition coefficient (Wildman–Crippen LogP) is 4.85. The van der Waals surface area contributed by atoms with E-state index in [2.05, 4.69) is 65.1 Å². The lowest BCUT2D eigenvalue weighted by Crippen LogP contribution is -1.82. The normalized spacial score (nSPS) is 12.0. The molecule has 0 amide bonds. The van der Waals surface area contributed by atoms with E-state index < -0.39 is 0 Å². The molecule has 0 fully saturated rings. The summed E-state index contributed by atoms with van der Waals surface area (Å²) in [6.45, 7) is 0. The molecule has 0 radical (unpaired) electrons. The molecular weight excluding hydrogens is 258 g/mol. The fraction of sp³-hybridized carbons (Fsp3) is 0.0526. The molecule has 2 nitrogen and oxygen atoms in total. The highest BCUT2D eigenvalue weighted by Gasteiger charge is 2.17. The van der Waals surface area contributed by atoms with Crippen LogP contribution in [0, 0.1) is 0 Å². The second-order valence-corrected chi connectivity index (χ2v) is 5.44. The van der Waals surface area contributed by atoms with Crippen LogP contribution in [-0.4, -0.2) is 11.5 Å². The zero-order valence-electron chi connectivity index (χ0n) is 11.6. The van der Waals surface area contributed by atoms with Gasteiger partial charge < -0.3 is 9.14 Å². The summed E-state index contributed by atoms with van der Waals surface area (Å²) in [6, 6.07) is 21.4. The summed E-state index contributed by atoms with van der Waals surface area (Å²) in [5.41, 5.74) is 3.80. The molecule has 2 heteroatoms. The van der Waals surface area contributed by atoms with E-state index >= 15 is 0 Å². The van der Waals surface area contributed by atoms with Crippen LogP contribution in [0.1, 0.15) is 0 Å². The van der Waals surface area contributed by atoms with Crippen molar-refractivity contribution < 1.29 is 4.74 Å². The SMILES string of the molecule is COc1cc2c3ccccc3n3c4ccccc4c(c1)c23. The maximum absolute atomic E-state index is 5.51. The number of aromatic nitrogens is 1. The van der Waals surface area contributed by atoms with E-state index in [1.807, 2.05) is 0 Å². The lowest BCUT2D eigenvalue weighted by molar-refractivity contribution is 0.416. The van der Waals surface area contributed by atoms with Crippen LogP contribution in [-0.2, 0) is 0 Å². The number of fused-ring (bicyclic) bond motifs is 6. The zero-order valence-corrected chi connectivity index (χ0v) is 11.6. The Kier molecular flexibility index (Phi) is 1.92. The van der Waals surface area contributed by atoms with E-state index in [4.69, 9.17) is 4.74 Å². The van der Waals surface area contributed by atoms with Crippen molar-refractivity contribution in [2.24, 2.45) is 0 Å². The summed E-state index contributed by atoms with van der Waals surface area (Å²) >= 11 is 0. The molecule has 0 aliphatic rings. The second kappa shape index (κ2) is 3.67. The van der Waals surface area contributed by atoms with Crippen molar-refractivity contribution in [1.29, 1.82) is 0 Å². The second-order valence-electron chi connectivity index (χ2n) is 5.44. The van der Waals surface area contributed by atoms with Gasteiger partial charge in [0.15, 0.2) is 0 Å². The quantitative estimate of drug-likeness (QED) is 0.425. The van der Waals surface area contributed by atoms with Crippen molar-refractivity contribution in [2.45, 2.75) is 0 Å². The first kappa shape index (κ1) is 11.0. The van der Waals surface area contributed by atoms with Crippen LogP contribution in [0.5, 0.6) is 5.75 Å². The van der Waals surface area contributed by atoms with E-state index in [0.717, 1.165) is 5.75 Å². The minimum Gasteiger partial charge on any atom is -0.497 e. The van der Waals surface area contributed by atoms with Crippen LogP contribution in [0.3, 0.4) is 0 Å². The Balaban J connectivity index is 2.24. The molecule has 0 unspecified atom stereocenters. The van der Waals surface area contributed by atoms with E-state index in [1.165, 1.54) is 38.1 Å². The molecule has 0 saturated heterocycles. The van der Waals surface area contributed by atoms with E-state index in [0.29, 0.717) is 0 Å². The highest BCUT2D eigenvalue weighted by molar-refractivity contribution is 6.23. The monoisotopic (exact) mass is 271 g/mol. The fourth-order valence-corrected chi connectivity index (χ4v) is 3.54. The van der Waals surface area contributed by atoms with Crippen LogP contribution in [0.15, 0.2) is 60.7 Å². The van der Waals surface area contributed by atoms with Gasteiger partial charge in [-0.2, -0.15) is 0 Å². The molecule has 5 rings (SSSR count). The minimum absolute atomic E-state index is 0.914. The summed E-state index contributed by atoms with van der Waals surface area (Å²) < 4.78 is 7.88. The summed E-state index contributed by atoms with van der Waals surface area (Å²) in [4.78, 5) is 0. The Labute approximate surface area is 121 Å². The maximum Gasteiger partial charge on any atom is 0.120 e. The number of ether oxygens (including phenoxy) is 1. The number of benzene rings is 3. The van der Waals surface area contributed by atoms with Gasteiger partial charge in [-0.25, -0.2) is 0 Å². The van der Waals surface area contributed by atoms with Gasteiger partial charge in [-0.1, -0.05) is 36.4 Å². The Morgan fingerprint density at radius 2 is 1.24 bits per heavy atom. The van der Waals surface area contributed by atoms with E-state index in [9.17, 15) is 0 Å². The number of rotatable bonds is 1. The molecule has 2 aromatic heterocycles. The average Bonchev–Trinajstić information content (AvgIpc) is 3.05. The molecule has 21 heavy (non-hydrogen) atoms. The minimum atomic E-state index is 0.914. The van der Waals surface area contributed by atoms with Crippen LogP contribution >= 0.6 is 0 Å². The van der Waals surface area contributed by atoms with Gasteiger partial charge in [-0.05, 0) is 24.3 Å². The Bertz CT molecular complexity index is 1040. The Morgan fingerprint density at radius 3 is 1.76 bits per heavy atom. The first-order valence-corrected chi connectivity index (χ1v) is 7.09. The van der Waals surface area contributed by atoms with E-state index in [-0.39, 0.29) is 0 Å². The zero-order chi connectivity index (χ0) is 14.0. The van der Waals surface area contributed by atoms with Crippen molar-refractivity contribution >= 4 is 38.1 Å². The summed E-state index contributed by atoms with van der Waals surface area (Å²) in [5.74, 6) is 0.914. The molecule has 3 aromatic carbocycles. The van der Waals surface area contributed by atoms with Crippen molar-refractivity contribution in [3.05, 3.63) is 60.7 Å².